The first-order valence-corrected chi connectivity index (χ1v) is 5.39. The summed E-state index contributed by atoms with van der Waals surface area (Å²) < 4.78 is 5.75. The molecule has 0 spiro atoms. The number of nitrogens with zero attached hydrogens (tertiary/aromatic N) is 3. The summed E-state index contributed by atoms with van der Waals surface area (Å²) in [4.78, 5) is 4.26. The van der Waals surface area contributed by atoms with Gasteiger partial charge in [0, 0.05) is 5.56 Å². The first kappa shape index (κ1) is 10.3. The molecule has 0 saturated heterocycles. The van der Waals surface area contributed by atoms with Crippen molar-refractivity contribution >= 4 is 22.6 Å². The zero-order chi connectivity index (χ0) is 10.7. The molecule has 2 rings (SSSR count). The van der Waals surface area contributed by atoms with Crippen molar-refractivity contribution in [3.05, 3.63) is 34.0 Å². The zero-order valence-corrected chi connectivity index (χ0v) is 10.2. The molecule has 1 aromatic heterocycles. The highest BCUT2D eigenvalue weighted by molar-refractivity contribution is 14.1. The molecule has 0 aliphatic heterocycles. The van der Waals surface area contributed by atoms with Crippen LogP contribution in [0.25, 0.3) is 11.4 Å². The van der Waals surface area contributed by atoms with Crippen LogP contribution in [-0.2, 0) is 0 Å². The summed E-state index contributed by atoms with van der Waals surface area (Å²) in [6, 6.07) is 9.68. The first-order chi connectivity index (χ1) is 7.31. The molecular formula is C10H8IN3O. The van der Waals surface area contributed by atoms with E-state index in [0.29, 0.717) is 15.4 Å². The number of ether oxygens (including phenoxy) is 1. The van der Waals surface area contributed by atoms with Crippen LogP contribution in [0, 0.1) is 3.70 Å². The molecule has 0 atom stereocenters. The van der Waals surface area contributed by atoms with Gasteiger partial charge in [-0.2, -0.15) is 4.98 Å². The van der Waals surface area contributed by atoms with Crippen molar-refractivity contribution in [3.8, 4) is 17.3 Å². The van der Waals surface area contributed by atoms with Crippen LogP contribution < -0.4 is 4.74 Å². The van der Waals surface area contributed by atoms with Gasteiger partial charge in [0.2, 0.25) is 5.88 Å². The van der Waals surface area contributed by atoms with E-state index in [-0.39, 0.29) is 0 Å². The lowest BCUT2D eigenvalue weighted by atomic mass is 10.2. The number of hydrogen-bond acceptors (Lipinski definition) is 4. The van der Waals surface area contributed by atoms with E-state index in [0.717, 1.165) is 5.56 Å². The summed E-state index contributed by atoms with van der Waals surface area (Å²) >= 11 is 2.04. The van der Waals surface area contributed by atoms with E-state index in [2.05, 4.69) is 15.2 Å². The molecule has 0 aliphatic carbocycles. The van der Waals surface area contributed by atoms with E-state index in [4.69, 9.17) is 4.74 Å². The summed E-state index contributed by atoms with van der Waals surface area (Å²) in [5.74, 6) is 1.08. The molecule has 0 fully saturated rings. The van der Waals surface area contributed by atoms with E-state index in [1.807, 2.05) is 52.9 Å². The van der Waals surface area contributed by atoms with E-state index >= 15 is 0 Å². The Morgan fingerprint density at radius 1 is 1.13 bits per heavy atom. The summed E-state index contributed by atoms with van der Waals surface area (Å²) in [7, 11) is 1.57. The maximum Gasteiger partial charge on any atom is 0.250 e. The van der Waals surface area contributed by atoms with Crippen LogP contribution in [0.3, 0.4) is 0 Å². The fraction of sp³-hybridized carbons (Fsp3) is 0.100. The van der Waals surface area contributed by atoms with Gasteiger partial charge in [0.05, 0.1) is 7.11 Å². The predicted molar refractivity (Wildman–Crippen MR) is 64.5 cm³/mol. The van der Waals surface area contributed by atoms with Crippen molar-refractivity contribution in [1.29, 1.82) is 0 Å². The van der Waals surface area contributed by atoms with E-state index in [1.54, 1.807) is 7.11 Å². The molecule has 0 amide bonds. The van der Waals surface area contributed by atoms with Crippen molar-refractivity contribution in [2.24, 2.45) is 0 Å². The Morgan fingerprint density at radius 2 is 1.87 bits per heavy atom. The van der Waals surface area contributed by atoms with Crippen molar-refractivity contribution in [2.75, 3.05) is 7.11 Å². The van der Waals surface area contributed by atoms with E-state index < -0.39 is 0 Å². The summed E-state index contributed by atoms with van der Waals surface area (Å²) in [5.41, 5.74) is 0.930. The molecule has 5 heteroatoms. The molecule has 0 N–H and O–H groups in total. The number of rotatable bonds is 2. The monoisotopic (exact) mass is 313 g/mol. The summed E-state index contributed by atoms with van der Waals surface area (Å²) in [6.45, 7) is 0. The lowest BCUT2D eigenvalue weighted by Gasteiger charge is -2.02. The predicted octanol–water partition coefficient (Wildman–Crippen LogP) is 2.15. The molecule has 76 valence electrons. The van der Waals surface area contributed by atoms with Gasteiger partial charge in [0.1, 0.15) is 0 Å². The van der Waals surface area contributed by atoms with Crippen molar-refractivity contribution < 1.29 is 4.74 Å². The van der Waals surface area contributed by atoms with Crippen molar-refractivity contribution in [3.63, 3.8) is 0 Å². The van der Waals surface area contributed by atoms with Gasteiger partial charge in [0.25, 0.3) is 0 Å². The topological polar surface area (TPSA) is 47.9 Å². The highest BCUT2D eigenvalue weighted by atomic mass is 127. The number of methoxy groups -OCH3 is 1. The Bertz CT molecular complexity index is 461. The first-order valence-electron chi connectivity index (χ1n) is 4.31. The van der Waals surface area contributed by atoms with Gasteiger partial charge in [0.15, 0.2) is 9.53 Å². The number of hydrogen-bond donors (Lipinski definition) is 0. The van der Waals surface area contributed by atoms with Gasteiger partial charge in [-0.25, -0.2) is 0 Å². The molecule has 15 heavy (non-hydrogen) atoms. The number of halogens is 1. The van der Waals surface area contributed by atoms with Crippen LogP contribution >= 0.6 is 22.6 Å². The highest BCUT2D eigenvalue weighted by Gasteiger charge is 2.07. The Morgan fingerprint density at radius 3 is 2.53 bits per heavy atom. The second-order valence-electron chi connectivity index (χ2n) is 2.80. The van der Waals surface area contributed by atoms with Crippen LogP contribution in [0.2, 0.25) is 0 Å². The van der Waals surface area contributed by atoms with Gasteiger partial charge in [-0.1, -0.05) is 30.3 Å². The van der Waals surface area contributed by atoms with Crippen LogP contribution in [0.1, 0.15) is 0 Å². The molecule has 0 unspecified atom stereocenters. The molecule has 0 saturated carbocycles. The second kappa shape index (κ2) is 4.52. The van der Waals surface area contributed by atoms with Crippen LogP contribution in [0.5, 0.6) is 5.88 Å². The summed E-state index contributed by atoms with van der Waals surface area (Å²) in [5, 5.41) is 7.98. The quantitative estimate of drug-likeness (QED) is 0.797. The minimum Gasteiger partial charge on any atom is -0.479 e. The minimum absolute atomic E-state index is 0.504. The van der Waals surface area contributed by atoms with Gasteiger partial charge in [-0.05, 0) is 22.6 Å². The SMILES string of the molecule is COc1nc(-c2ccccc2)nnc1I. The zero-order valence-electron chi connectivity index (χ0n) is 8.01. The second-order valence-corrected chi connectivity index (χ2v) is 3.82. The lowest BCUT2D eigenvalue weighted by molar-refractivity contribution is 0.390. The Balaban J connectivity index is 2.46. The molecule has 4 nitrogen and oxygen atoms in total. The molecule has 0 aliphatic rings. The molecule has 0 bridgehead atoms. The van der Waals surface area contributed by atoms with E-state index in [1.165, 1.54) is 0 Å². The van der Waals surface area contributed by atoms with Gasteiger partial charge >= 0.3 is 0 Å². The Kier molecular flexibility index (Phi) is 3.10. The Hall–Kier alpha value is -1.24. The standard InChI is InChI=1S/C10H8IN3O/c1-15-10-8(11)13-14-9(12-10)7-5-3-2-4-6-7/h2-6H,1H3. The summed E-state index contributed by atoms with van der Waals surface area (Å²) in [6.07, 6.45) is 0. The molecule has 0 radical (unpaired) electrons. The molecular weight excluding hydrogens is 305 g/mol. The fourth-order valence-electron chi connectivity index (χ4n) is 1.14. The number of aromatic nitrogens is 3. The molecule has 1 heterocycles. The third-order valence-electron chi connectivity index (χ3n) is 1.84. The Labute approximate surface area is 101 Å². The molecule has 1 aromatic carbocycles. The average molecular weight is 313 g/mol. The van der Waals surface area contributed by atoms with Gasteiger partial charge in [-0.3, -0.25) is 0 Å². The van der Waals surface area contributed by atoms with Crippen molar-refractivity contribution in [2.45, 2.75) is 0 Å². The van der Waals surface area contributed by atoms with Crippen molar-refractivity contribution in [1.82, 2.24) is 15.2 Å². The maximum absolute atomic E-state index is 5.09. The highest BCUT2D eigenvalue weighted by Crippen LogP contribution is 2.19. The van der Waals surface area contributed by atoms with Crippen LogP contribution in [-0.4, -0.2) is 22.3 Å². The van der Waals surface area contributed by atoms with Crippen LogP contribution in [0.15, 0.2) is 30.3 Å². The lowest BCUT2D eigenvalue weighted by Crippen LogP contribution is -1.99. The average Bonchev–Trinajstić information content (AvgIpc) is 2.31. The molecule has 2 aromatic rings. The van der Waals surface area contributed by atoms with E-state index in [9.17, 15) is 0 Å². The minimum atomic E-state index is 0.504. The maximum atomic E-state index is 5.09. The fourth-order valence-corrected chi connectivity index (χ4v) is 1.59. The van der Waals surface area contributed by atoms with Gasteiger partial charge in [-0.15, -0.1) is 10.2 Å². The number of benzene rings is 1. The third kappa shape index (κ3) is 2.23. The van der Waals surface area contributed by atoms with Crippen LogP contribution in [0.4, 0.5) is 0 Å². The third-order valence-corrected chi connectivity index (χ3v) is 2.52. The van der Waals surface area contributed by atoms with Gasteiger partial charge < -0.3 is 4.74 Å². The largest absolute Gasteiger partial charge is 0.479 e. The smallest absolute Gasteiger partial charge is 0.250 e. The normalized spacial score (nSPS) is 10.0.